The molecule has 2 saturated carbocycles. The molecule has 0 N–H and O–H groups in total. The van der Waals surface area contributed by atoms with Gasteiger partial charge in [-0.25, -0.2) is 0 Å². The third kappa shape index (κ3) is 3.22. The average molecular weight is 214 g/mol. The van der Waals surface area contributed by atoms with Crippen LogP contribution in [0, 0.1) is 0 Å². The summed E-state index contributed by atoms with van der Waals surface area (Å²) in [6.07, 6.45) is 12.0. The molecule has 0 aromatic rings. The van der Waals surface area contributed by atoms with Crippen molar-refractivity contribution in [2.24, 2.45) is 0 Å². The summed E-state index contributed by atoms with van der Waals surface area (Å²) < 4.78 is 6.08. The summed E-state index contributed by atoms with van der Waals surface area (Å²) in [5.74, 6) is 0. The van der Waals surface area contributed by atoms with Gasteiger partial charge in [-0.2, -0.15) is 0 Å². The Kier molecular flexibility index (Phi) is 4.06. The highest BCUT2D eigenvalue weighted by Crippen LogP contribution is 2.31. The molecule has 0 bridgehead atoms. The lowest BCUT2D eigenvalue weighted by atomic mass is 10.4. The Hall–Kier alpha value is 0.394. The van der Waals surface area contributed by atoms with Gasteiger partial charge in [-0.3, -0.25) is 0 Å². The fourth-order valence-electron chi connectivity index (χ4n) is 2.76. The van der Waals surface area contributed by atoms with Gasteiger partial charge in [0.05, 0.1) is 0 Å². The minimum absolute atomic E-state index is 0.0842. The number of hydrogen-bond acceptors (Lipinski definition) is 1. The van der Waals surface area contributed by atoms with Crippen molar-refractivity contribution in [1.82, 2.24) is 0 Å². The van der Waals surface area contributed by atoms with Crippen LogP contribution in [-0.2, 0) is 4.12 Å². The molecular formula is C10H22OSi2. The van der Waals surface area contributed by atoms with Crippen LogP contribution in [0.15, 0.2) is 0 Å². The van der Waals surface area contributed by atoms with E-state index in [1.165, 1.54) is 51.4 Å². The zero-order valence-corrected chi connectivity index (χ0v) is 11.5. The topological polar surface area (TPSA) is 9.23 Å². The van der Waals surface area contributed by atoms with Crippen LogP contribution in [0.1, 0.15) is 51.4 Å². The average Bonchev–Trinajstić information content (AvgIpc) is 2.75. The summed E-state index contributed by atoms with van der Waals surface area (Å²) in [4.78, 5) is 0. The van der Waals surface area contributed by atoms with Crippen LogP contribution >= 0.6 is 0 Å². The lowest BCUT2D eigenvalue weighted by molar-refractivity contribution is 0.583. The first-order valence-corrected chi connectivity index (χ1v) is 8.81. The second-order valence-electron chi connectivity index (χ2n) is 4.84. The van der Waals surface area contributed by atoms with Crippen LogP contribution in [0.25, 0.3) is 0 Å². The molecule has 0 saturated heterocycles. The van der Waals surface area contributed by atoms with Crippen LogP contribution in [0.4, 0.5) is 0 Å². The molecule has 76 valence electrons. The van der Waals surface area contributed by atoms with E-state index in [2.05, 4.69) is 0 Å². The number of hydrogen-bond donors (Lipinski definition) is 0. The largest absolute Gasteiger partial charge is 0.465 e. The van der Waals surface area contributed by atoms with Gasteiger partial charge < -0.3 is 4.12 Å². The molecule has 0 atom stereocenters. The van der Waals surface area contributed by atoms with Crippen molar-refractivity contribution in [1.29, 1.82) is 0 Å². The van der Waals surface area contributed by atoms with Crippen molar-refractivity contribution in [2.45, 2.75) is 62.4 Å². The van der Waals surface area contributed by atoms with E-state index in [4.69, 9.17) is 4.12 Å². The number of rotatable bonds is 4. The van der Waals surface area contributed by atoms with Crippen molar-refractivity contribution in [2.75, 3.05) is 0 Å². The molecule has 13 heavy (non-hydrogen) atoms. The highest BCUT2D eigenvalue weighted by atomic mass is 28.3. The van der Waals surface area contributed by atoms with E-state index >= 15 is 0 Å². The minimum atomic E-state index is -0.0842. The molecule has 2 aliphatic rings. The molecule has 0 aromatic heterocycles. The summed E-state index contributed by atoms with van der Waals surface area (Å²) in [5.41, 5.74) is 2.16. The van der Waals surface area contributed by atoms with Gasteiger partial charge in [0.15, 0.2) is 0 Å². The van der Waals surface area contributed by atoms with E-state index in [0.29, 0.717) is 0 Å². The van der Waals surface area contributed by atoms with Crippen molar-refractivity contribution < 1.29 is 4.12 Å². The van der Waals surface area contributed by atoms with Gasteiger partial charge in [-0.15, -0.1) is 0 Å². The Morgan fingerprint density at radius 3 is 1.46 bits per heavy atom. The standard InChI is InChI=1S/C10H22OSi2/c1-2-6-9(5-1)12-11-13-10-7-3-4-8-10/h9-10H,1-8,12-13H2. The smallest absolute Gasteiger partial charge is 0.149 e. The van der Waals surface area contributed by atoms with Crippen molar-refractivity contribution >= 4 is 19.5 Å². The summed E-state index contributed by atoms with van der Waals surface area (Å²) in [7, 11) is -0.168. The van der Waals surface area contributed by atoms with Gasteiger partial charge in [-0.1, -0.05) is 51.4 Å². The van der Waals surface area contributed by atoms with Gasteiger partial charge in [-0.05, 0) is 11.1 Å². The molecular weight excluding hydrogens is 192 g/mol. The first-order valence-electron chi connectivity index (χ1n) is 6.03. The first-order chi connectivity index (χ1) is 6.45. The Balaban J connectivity index is 1.52. The molecule has 0 aliphatic heterocycles. The van der Waals surface area contributed by atoms with Crippen LogP contribution in [0.2, 0.25) is 11.1 Å². The predicted octanol–water partition coefficient (Wildman–Crippen LogP) is 1.90. The van der Waals surface area contributed by atoms with E-state index in [0.717, 1.165) is 11.1 Å². The van der Waals surface area contributed by atoms with Crippen LogP contribution in [-0.4, -0.2) is 19.5 Å². The lowest BCUT2D eigenvalue weighted by Crippen LogP contribution is -2.12. The zero-order valence-electron chi connectivity index (χ0n) is 8.63. The van der Waals surface area contributed by atoms with Gasteiger partial charge in [0.2, 0.25) is 0 Å². The highest BCUT2D eigenvalue weighted by Gasteiger charge is 2.18. The maximum absolute atomic E-state index is 6.08. The Labute approximate surface area is 86.5 Å². The molecule has 2 aliphatic carbocycles. The summed E-state index contributed by atoms with van der Waals surface area (Å²) in [6, 6.07) is 0. The molecule has 0 aromatic carbocycles. The van der Waals surface area contributed by atoms with Gasteiger partial charge in [0.25, 0.3) is 0 Å². The van der Waals surface area contributed by atoms with Gasteiger partial charge in [0.1, 0.15) is 19.5 Å². The quantitative estimate of drug-likeness (QED) is 0.650. The molecule has 2 rings (SSSR count). The lowest BCUT2D eigenvalue weighted by Gasteiger charge is -2.12. The second kappa shape index (κ2) is 5.32. The zero-order chi connectivity index (χ0) is 8.93. The van der Waals surface area contributed by atoms with E-state index in [9.17, 15) is 0 Å². The van der Waals surface area contributed by atoms with Gasteiger partial charge in [0, 0.05) is 0 Å². The third-order valence-electron chi connectivity index (χ3n) is 3.66. The molecule has 0 heterocycles. The first kappa shape index (κ1) is 9.93. The van der Waals surface area contributed by atoms with Crippen LogP contribution < -0.4 is 0 Å². The van der Waals surface area contributed by atoms with Crippen molar-refractivity contribution in [3.63, 3.8) is 0 Å². The molecule has 0 unspecified atom stereocenters. The summed E-state index contributed by atoms with van der Waals surface area (Å²) in [6.45, 7) is 0. The molecule has 0 spiro atoms. The van der Waals surface area contributed by atoms with Crippen molar-refractivity contribution in [3.8, 4) is 0 Å². The maximum atomic E-state index is 6.08. The Morgan fingerprint density at radius 1 is 0.692 bits per heavy atom. The normalized spacial score (nSPS) is 27.7. The van der Waals surface area contributed by atoms with E-state index in [1.807, 2.05) is 0 Å². The highest BCUT2D eigenvalue weighted by molar-refractivity contribution is 6.44. The van der Waals surface area contributed by atoms with E-state index < -0.39 is 0 Å². The van der Waals surface area contributed by atoms with Crippen LogP contribution in [0.3, 0.4) is 0 Å². The van der Waals surface area contributed by atoms with Crippen molar-refractivity contribution in [3.05, 3.63) is 0 Å². The fraction of sp³-hybridized carbons (Fsp3) is 1.00. The maximum Gasteiger partial charge on any atom is 0.149 e. The fourth-order valence-corrected chi connectivity index (χ4v) is 7.79. The van der Waals surface area contributed by atoms with Crippen LogP contribution in [0.5, 0.6) is 0 Å². The summed E-state index contributed by atoms with van der Waals surface area (Å²) >= 11 is 0. The van der Waals surface area contributed by atoms with E-state index in [-0.39, 0.29) is 19.5 Å². The monoisotopic (exact) mass is 214 g/mol. The molecule has 0 amide bonds. The molecule has 0 radical (unpaired) electrons. The molecule has 2 fully saturated rings. The van der Waals surface area contributed by atoms with E-state index in [1.54, 1.807) is 0 Å². The predicted molar refractivity (Wildman–Crippen MR) is 62.6 cm³/mol. The molecule has 1 nitrogen and oxygen atoms in total. The van der Waals surface area contributed by atoms with Gasteiger partial charge >= 0.3 is 0 Å². The second-order valence-corrected chi connectivity index (χ2v) is 9.45. The minimum Gasteiger partial charge on any atom is -0.465 e. The third-order valence-corrected chi connectivity index (χ3v) is 8.12. The SMILES string of the molecule is C1CCC([SiH2]O[SiH2]C2CCCC2)C1. The Morgan fingerprint density at radius 2 is 1.08 bits per heavy atom. The summed E-state index contributed by atoms with van der Waals surface area (Å²) in [5, 5.41) is 0. The molecule has 3 heteroatoms. The Bertz CT molecular complexity index is 124.